The molecule has 4 nitrogen and oxygen atoms in total. The summed E-state index contributed by atoms with van der Waals surface area (Å²) >= 11 is 12.7. The Kier molecular flexibility index (Phi) is 6.70. The van der Waals surface area contributed by atoms with Crippen LogP contribution in [0.25, 0.3) is 11.1 Å². The maximum absolute atomic E-state index is 12.9. The van der Waals surface area contributed by atoms with Gasteiger partial charge in [0.25, 0.3) is 0 Å². The fraction of sp³-hybridized carbons (Fsp3) is 0.250. The summed E-state index contributed by atoms with van der Waals surface area (Å²) in [5, 5.41) is 1.41. The second-order valence-electron chi connectivity index (χ2n) is 7.78. The minimum atomic E-state index is -3.46. The Bertz CT molecular complexity index is 1160. The molecule has 0 radical (unpaired) electrons. The summed E-state index contributed by atoms with van der Waals surface area (Å²) in [5.74, 6) is 0. The fourth-order valence-corrected chi connectivity index (χ4v) is 5.63. The lowest BCUT2D eigenvalue weighted by molar-refractivity contribution is 0.181. The monoisotopic (exact) mass is 474 g/mol. The maximum atomic E-state index is 12.9. The molecule has 0 atom stereocenters. The molecule has 1 aliphatic rings. The third-order valence-electron chi connectivity index (χ3n) is 5.62. The predicted octanol–water partition coefficient (Wildman–Crippen LogP) is 5.48. The lowest BCUT2D eigenvalue weighted by Crippen LogP contribution is -2.48. The molecule has 4 rings (SSSR count). The Morgan fingerprint density at radius 1 is 0.839 bits per heavy atom. The van der Waals surface area contributed by atoms with Gasteiger partial charge in [-0.25, -0.2) is 8.42 Å². The maximum Gasteiger partial charge on any atom is 0.243 e. The summed E-state index contributed by atoms with van der Waals surface area (Å²) in [6.45, 7) is 4.87. The van der Waals surface area contributed by atoms with Crippen LogP contribution in [0.2, 0.25) is 10.0 Å². The van der Waals surface area contributed by atoms with Crippen LogP contribution in [0.4, 0.5) is 0 Å². The third-order valence-corrected chi connectivity index (χ3v) is 8.23. The molecule has 0 bridgehead atoms. The van der Waals surface area contributed by atoms with Crippen LogP contribution in [0.3, 0.4) is 0 Å². The van der Waals surface area contributed by atoms with E-state index < -0.39 is 10.0 Å². The van der Waals surface area contributed by atoms with E-state index in [1.165, 1.54) is 0 Å². The molecule has 0 unspecified atom stereocenters. The molecule has 3 aromatic carbocycles. The van der Waals surface area contributed by atoms with Crippen molar-refractivity contribution in [2.75, 3.05) is 26.2 Å². The average molecular weight is 475 g/mol. The highest BCUT2D eigenvalue weighted by Crippen LogP contribution is 2.32. The van der Waals surface area contributed by atoms with Crippen molar-refractivity contribution in [3.05, 3.63) is 87.9 Å². The van der Waals surface area contributed by atoms with Gasteiger partial charge in [-0.15, -0.1) is 0 Å². The standard InChI is InChI=1S/C24H24Cl2N2O2S/c1-18-5-11-22(12-6-18)31(29,30)28-15-13-27(14-16-28)17-20-3-2-4-23(24(20)26)19-7-9-21(25)10-8-19/h2-12H,13-17H2,1H3. The predicted molar refractivity (Wildman–Crippen MR) is 127 cm³/mol. The number of benzene rings is 3. The van der Waals surface area contributed by atoms with Crippen molar-refractivity contribution < 1.29 is 8.42 Å². The summed E-state index contributed by atoms with van der Waals surface area (Å²) < 4.78 is 27.4. The van der Waals surface area contributed by atoms with E-state index in [4.69, 9.17) is 23.2 Å². The van der Waals surface area contributed by atoms with E-state index >= 15 is 0 Å². The zero-order valence-corrected chi connectivity index (χ0v) is 19.6. The summed E-state index contributed by atoms with van der Waals surface area (Å²) in [7, 11) is -3.46. The van der Waals surface area contributed by atoms with Gasteiger partial charge < -0.3 is 0 Å². The van der Waals surface area contributed by atoms with Crippen LogP contribution in [-0.2, 0) is 16.6 Å². The molecule has 31 heavy (non-hydrogen) atoms. The van der Waals surface area contributed by atoms with Gasteiger partial charge in [-0.1, -0.05) is 71.2 Å². The molecule has 1 aliphatic heterocycles. The molecule has 0 saturated carbocycles. The number of hydrogen-bond acceptors (Lipinski definition) is 3. The van der Waals surface area contributed by atoms with Crippen molar-refractivity contribution in [2.24, 2.45) is 0 Å². The molecule has 3 aromatic rings. The van der Waals surface area contributed by atoms with Gasteiger partial charge in [0, 0.05) is 43.3 Å². The van der Waals surface area contributed by atoms with Gasteiger partial charge in [0.15, 0.2) is 0 Å². The van der Waals surface area contributed by atoms with E-state index in [2.05, 4.69) is 4.90 Å². The van der Waals surface area contributed by atoms with Crippen LogP contribution in [0, 0.1) is 6.92 Å². The van der Waals surface area contributed by atoms with Gasteiger partial charge >= 0.3 is 0 Å². The van der Waals surface area contributed by atoms with Gasteiger partial charge in [0.05, 0.1) is 9.92 Å². The fourth-order valence-electron chi connectivity index (χ4n) is 3.78. The van der Waals surface area contributed by atoms with Gasteiger partial charge in [-0.05, 0) is 42.3 Å². The van der Waals surface area contributed by atoms with Crippen LogP contribution in [0.1, 0.15) is 11.1 Å². The molecular formula is C24H24Cl2N2O2S. The molecule has 0 spiro atoms. The quantitative estimate of drug-likeness (QED) is 0.491. The first-order valence-electron chi connectivity index (χ1n) is 10.2. The minimum absolute atomic E-state index is 0.352. The molecule has 0 N–H and O–H groups in total. The summed E-state index contributed by atoms with van der Waals surface area (Å²) in [4.78, 5) is 2.60. The normalized spacial score (nSPS) is 15.8. The first kappa shape index (κ1) is 22.3. The Morgan fingerprint density at radius 3 is 2.13 bits per heavy atom. The molecular weight excluding hydrogens is 451 g/mol. The SMILES string of the molecule is Cc1ccc(S(=O)(=O)N2CCN(Cc3cccc(-c4ccc(Cl)cc4)c3Cl)CC2)cc1. The van der Waals surface area contributed by atoms with Crippen LogP contribution in [0.5, 0.6) is 0 Å². The molecule has 1 saturated heterocycles. The summed E-state index contributed by atoms with van der Waals surface area (Å²) in [6, 6.07) is 20.7. The van der Waals surface area contributed by atoms with E-state index in [0.717, 1.165) is 27.3 Å². The molecule has 162 valence electrons. The van der Waals surface area contributed by atoms with Crippen LogP contribution >= 0.6 is 23.2 Å². The topological polar surface area (TPSA) is 40.6 Å². The van der Waals surface area contributed by atoms with Crippen molar-refractivity contribution in [1.82, 2.24) is 9.21 Å². The lowest BCUT2D eigenvalue weighted by Gasteiger charge is -2.34. The lowest BCUT2D eigenvalue weighted by atomic mass is 10.0. The Hall–Kier alpha value is -1.89. The highest BCUT2D eigenvalue weighted by atomic mass is 35.5. The minimum Gasteiger partial charge on any atom is -0.296 e. The molecule has 1 fully saturated rings. The van der Waals surface area contributed by atoms with Crippen LogP contribution in [-0.4, -0.2) is 43.8 Å². The highest BCUT2D eigenvalue weighted by molar-refractivity contribution is 7.89. The van der Waals surface area contributed by atoms with E-state index in [1.54, 1.807) is 16.4 Å². The van der Waals surface area contributed by atoms with Crippen molar-refractivity contribution in [3.8, 4) is 11.1 Å². The van der Waals surface area contributed by atoms with E-state index in [1.807, 2.05) is 61.5 Å². The number of rotatable bonds is 5. The van der Waals surface area contributed by atoms with Crippen molar-refractivity contribution in [3.63, 3.8) is 0 Å². The van der Waals surface area contributed by atoms with Crippen molar-refractivity contribution in [1.29, 1.82) is 0 Å². The Labute approximate surface area is 194 Å². The summed E-state index contributed by atoms with van der Waals surface area (Å²) in [6.07, 6.45) is 0. The van der Waals surface area contributed by atoms with E-state index in [-0.39, 0.29) is 0 Å². The number of aryl methyl sites for hydroxylation is 1. The van der Waals surface area contributed by atoms with Gasteiger partial charge in [-0.2, -0.15) is 4.31 Å². The summed E-state index contributed by atoms with van der Waals surface area (Å²) in [5.41, 5.74) is 4.06. The van der Waals surface area contributed by atoms with E-state index in [9.17, 15) is 8.42 Å². The molecule has 0 aliphatic carbocycles. The first-order valence-corrected chi connectivity index (χ1v) is 12.4. The number of hydrogen-bond donors (Lipinski definition) is 0. The Morgan fingerprint density at radius 2 is 1.48 bits per heavy atom. The Balaban J connectivity index is 1.44. The molecule has 0 aromatic heterocycles. The third kappa shape index (κ3) is 4.97. The van der Waals surface area contributed by atoms with Gasteiger partial charge in [-0.3, -0.25) is 4.90 Å². The molecule has 7 heteroatoms. The van der Waals surface area contributed by atoms with Crippen molar-refractivity contribution >= 4 is 33.2 Å². The molecule has 1 heterocycles. The first-order chi connectivity index (χ1) is 14.8. The van der Waals surface area contributed by atoms with Crippen molar-refractivity contribution in [2.45, 2.75) is 18.4 Å². The smallest absolute Gasteiger partial charge is 0.243 e. The number of piperazine rings is 1. The van der Waals surface area contributed by atoms with Crippen LogP contribution in [0.15, 0.2) is 71.6 Å². The number of nitrogens with zero attached hydrogens (tertiary/aromatic N) is 2. The largest absolute Gasteiger partial charge is 0.296 e. The van der Waals surface area contributed by atoms with Crippen LogP contribution < -0.4 is 0 Å². The number of halogens is 2. The molecule has 0 amide bonds. The number of sulfonamides is 1. The zero-order chi connectivity index (χ0) is 22.0. The van der Waals surface area contributed by atoms with E-state index in [0.29, 0.717) is 42.6 Å². The van der Waals surface area contributed by atoms with Gasteiger partial charge in [0.2, 0.25) is 10.0 Å². The second kappa shape index (κ2) is 9.31. The van der Waals surface area contributed by atoms with Gasteiger partial charge in [0.1, 0.15) is 0 Å². The second-order valence-corrected chi connectivity index (χ2v) is 10.5. The zero-order valence-electron chi connectivity index (χ0n) is 17.3. The highest BCUT2D eigenvalue weighted by Gasteiger charge is 2.28. The average Bonchev–Trinajstić information content (AvgIpc) is 2.77.